The number of amides is 1. The molecule has 446 valence electrons. The van der Waals surface area contributed by atoms with Crippen LogP contribution in [-0.2, 0) is 18.4 Å². The van der Waals surface area contributed by atoms with Gasteiger partial charge in [-0.3, -0.25) is 9.36 Å². The Bertz CT molecular complexity index is 1420. The molecule has 0 saturated carbocycles. The van der Waals surface area contributed by atoms with Gasteiger partial charge in [0.2, 0.25) is 5.91 Å². The summed E-state index contributed by atoms with van der Waals surface area (Å²) in [5.74, 6) is -0.164. The maximum atomic E-state index is 13.0. The number of hydrogen-bond donors (Lipinski definition) is 2. The standard InChI is InChI=1S/C67H127N2O6P/c1-6-8-10-12-14-16-18-20-22-24-26-28-30-32-33-34-35-37-39-41-43-45-47-49-51-53-55-57-59-61-67(71)68-65(64-75-76(72,73)74-63-62-69(3,4)5)66(70)60-58-56-54-52-50-48-46-44-42-40-38-36-31-29-27-25-23-21-19-17-15-13-11-9-7-2/h8,10,14,16,20,22,26,28,32-33,65-66,70H,6-7,9,11-13,15,17-19,21,23-25,27,29-31,34-64H2,1-5H3,(H-,68,71,72,73)/b10-8-,16-14-,22-20-,28-26-,33-32-. The lowest BCUT2D eigenvalue weighted by molar-refractivity contribution is -0.870. The van der Waals surface area contributed by atoms with Crippen molar-refractivity contribution in [3.63, 3.8) is 0 Å². The fourth-order valence-electron chi connectivity index (χ4n) is 9.72. The third-order valence-electron chi connectivity index (χ3n) is 14.8. The normalized spacial score (nSPS) is 14.1. The van der Waals surface area contributed by atoms with Gasteiger partial charge < -0.3 is 28.8 Å². The second-order valence-electron chi connectivity index (χ2n) is 23.4. The first-order chi connectivity index (χ1) is 37.0. The molecule has 2 N–H and O–H groups in total. The van der Waals surface area contributed by atoms with Gasteiger partial charge in [-0.1, -0.05) is 306 Å². The highest BCUT2D eigenvalue weighted by Gasteiger charge is 2.24. The number of carbonyl (C=O) groups is 1. The topological polar surface area (TPSA) is 108 Å². The van der Waals surface area contributed by atoms with Crippen molar-refractivity contribution in [2.75, 3.05) is 40.9 Å². The summed E-state index contributed by atoms with van der Waals surface area (Å²) >= 11 is 0. The summed E-state index contributed by atoms with van der Waals surface area (Å²) < 4.78 is 23.5. The molecule has 0 aromatic heterocycles. The highest BCUT2D eigenvalue weighted by Crippen LogP contribution is 2.38. The Kier molecular flexibility index (Phi) is 56.5. The highest BCUT2D eigenvalue weighted by molar-refractivity contribution is 7.45. The second kappa shape index (κ2) is 57.9. The van der Waals surface area contributed by atoms with Crippen LogP contribution in [0, 0.1) is 0 Å². The molecule has 0 aromatic carbocycles. The lowest BCUT2D eigenvalue weighted by Crippen LogP contribution is -2.46. The fraction of sp³-hybridized carbons (Fsp3) is 0.836. The smallest absolute Gasteiger partial charge is 0.268 e. The molecule has 1 amide bonds. The molecule has 0 fully saturated rings. The number of carbonyl (C=O) groups excluding carboxylic acids is 1. The van der Waals surface area contributed by atoms with E-state index in [1.807, 2.05) is 21.1 Å². The van der Waals surface area contributed by atoms with Gasteiger partial charge in [-0.15, -0.1) is 0 Å². The van der Waals surface area contributed by atoms with Crippen LogP contribution < -0.4 is 10.2 Å². The third kappa shape index (κ3) is 59.9. The first-order valence-corrected chi connectivity index (χ1v) is 34.1. The molecule has 9 heteroatoms. The number of likely N-dealkylation sites (N-methyl/N-ethyl adjacent to an activating group) is 1. The van der Waals surface area contributed by atoms with Gasteiger partial charge in [0, 0.05) is 6.42 Å². The van der Waals surface area contributed by atoms with Gasteiger partial charge in [0.25, 0.3) is 7.82 Å². The van der Waals surface area contributed by atoms with Crippen molar-refractivity contribution in [3.8, 4) is 0 Å². The predicted octanol–water partition coefficient (Wildman–Crippen LogP) is 19.8. The molecule has 3 unspecified atom stereocenters. The number of hydrogen-bond acceptors (Lipinski definition) is 6. The average molecular weight is 1090 g/mol. The summed E-state index contributed by atoms with van der Waals surface area (Å²) in [6, 6.07) is -0.805. The molecule has 0 bridgehead atoms. The molecular weight excluding hydrogens is 960 g/mol. The van der Waals surface area contributed by atoms with Crippen LogP contribution in [-0.4, -0.2) is 68.5 Å². The summed E-state index contributed by atoms with van der Waals surface area (Å²) in [4.78, 5) is 25.6. The Labute approximate surface area is 472 Å². The summed E-state index contributed by atoms with van der Waals surface area (Å²) in [5, 5.41) is 14.1. The van der Waals surface area contributed by atoms with Crippen molar-refractivity contribution in [2.45, 2.75) is 321 Å². The average Bonchev–Trinajstić information content (AvgIpc) is 3.38. The van der Waals surface area contributed by atoms with E-state index in [1.54, 1.807) is 0 Å². The van der Waals surface area contributed by atoms with Crippen molar-refractivity contribution < 1.29 is 32.9 Å². The van der Waals surface area contributed by atoms with E-state index in [0.29, 0.717) is 23.9 Å². The van der Waals surface area contributed by atoms with E-state index in [1.165, 1.54) is 212 Å². The van der Waals surface area contributed by atoms with Gasteiger partial charge in [-0.2, -0.15) is 0 Å². The number of allylic oxidation sites excluding steroid dienone is 10. The number of phosphoric acid groups is 1. The number of nitrogens with zero attached hydrogens (tertiary/aromatic N) is 1. The van der Waals surface area contributed by atoms with E-state index in [0.717, 1.165) is 70.6 Å². The number of phosphoric ester groups is 1. The first kappa shape index (κ1) is 74.2. The Morgan fingerprint density at radius 1 is 0.474 bits per heavy atom. The van der Waals surface area contributed by atoms with Gasteiger partial charge in [-0.25, -0.2) is 0 Å². The highest BCUT2D eigenvalue weighted by atomic mass is 31.2. The summed E-state index contributed by atoms with van der Waals surface area (Å²) in [5.41, 5.74) is 0. The van der Waals surface area contributed by atoms with Gasteiger partial charge in [-0.05, 0) is 57.8 Å². The van der Waals surface area contributed by atoms with Crippen LogP contribution in [0.1, 0.15) is 309 Å². The molecule has 0 rings (SSSR count). The molecule has 0 saturated heterocycles. The Balaban J connectivity index is 4.09. The zero-order chi connectivity index (χ0) is 55.6. The summed E-state index contributed by atoms with van der Waals surface area (Å²) in [6.45, 7) is 4.65. The maximum absolute atomic E-state index is 13.0. The molecule has 8 nitrogen and oxygen atoms in total. The van der Waals surface area contributed by atoms with E-state index >= 15 is 0 Å². The van der Waals surface area contributed by atoms with Crippen LogP contribution in [0.15, 0.2) is 60.8 Å². The third-order valence-corrected chi connectivity index (χ3v) is 15.7. The molecule has 0 aliphatic rings. The van der Waals surface area contributed by atoms with Crippen molar-refractivity contribution in [1.29, 1.82) is 0 Å². The lowest BCUT2D eigenvalue weighted by atomic mass is 10.0. The van der Waals surface area contributed by atoms with Crippen LogP contribution in [0.25, 0.3) is 0 Å². The second-order valence-corrected chi connectivity index (χ2v) is 24.9. The number of aliphatic hydroxyl groups is 1. The zero-order valence-corrected chi connectivity index (χ0v) is 51.9. The van der Waals surface area contributed by atoms with Gasteiger partial charge in [0.1, 0.15) is 13.2 Å². The van der Waals surface area contributed by atoms with Crippen LogP contribution in [0.3, 0.4) is 0 Å². The molecule has 0 spiro atoms. The number of nitrogens with one attached hydrogen (secondary N) is 1. The summed E-state index contributed by atoms with van der Waals surface area (Å²) in [7, 11) is 1.31. The molecule has 0 heterocycles. The van der Waals surface area contributed by atoms with E-state index in [2.05, 4.69) is 79.9 Å². The monoisotopic (exact) mass is 1090 g/mol. The molecule has 76 heavy (non-hydrogen) atoms. The van der Waals surface area contributed by atoms with E-state index in [9.17, 15) is 19.4 Å². The van der Waals surface area contributed by atoms with Gasteiger partial charge in [0.15, 0.2) is 0 Å². The van der Waals surface area contributed by atoms with Crippen molar-refractivity contribution in [1.82, 2.24) is 5.32 Å². The molecular formula is C67H127N2O6P. The molecule has 0 aliphatic carbocycles. The van der Waals surface area contributed by atoms with Crippen molar-refractivity contribution >= 4 is 13.7 Å². The van der Waals surface area contributed by atoms with Crippen LogP contribution in [0.4, 0.5) is 0 Å². The van der Waals surface area contributed by atoms with E-state index < -0.39 is 20.0 Å². The van der Waals surface area contributed by atoms with Crippen LogP contribution >= 0.6 is 7.82 Å². The Morgan fingerprint density at radius 3 is 1.17 bits per heavy atom. The maximum Gasteiger partial charge on any atom is 0.268 e. The minimum Gasteiger partial charge on any atom is -0.756 e. The summed E-state index contributed by atoms with van der Waals surface area (Å²) in [6.07, 6.45) is 78.4. The lowest BCUT2D eigenvalue weighted by Gasteiger charge is -2.30. The van der Waals surface area contributed by atoms with E-state index in [4.69, 9.17) is 9.05 Å². The SMILES string of the molecule is CC/C=C\C/C=C\C/C=C\C/C=C\C/C=C\CCCCCCCCCCCCCCCC(=O)NC(COP(=O)([O-])OCC[N+](C)(C)C)C(O)CCCCCCCCCCCCCCCCCCCCCCCCCCC. The zero-order valence-electron chi connectivity index (χ0n) is 51.0. The number of unbranched alkanes of at least 4 members (excludes halogenated alkanes) is 37. The van der Waals surface area contributed by atoms with Crippen molar-refractivity contribution in [3.05, 3.63) is 60.8 Å². The van der Waals surface area contributed by atoms with Gasteiger partial charge in [0.05, 0.1) is 39.9 Å². The fourth-order valence-corrected chi connectivity index (χ4v) is 10.4. The molecule has 0 aliphatic heterocycles. The number of aliphatic hydroxyl groups excluding tert-OH is 1. The van der Waals surface area contributed by atoms with Gasteiger partial charge >= 0.3 is 0 Å². The van der Waals surface area contributed by atoms with E-state index in [-0.39, 0.29) is 19.1 Å². The van der Waals surface area contributed by atoms with Crippen LogP contribution in [0.5, 0.6) is 0 Å². The molecule has 0 radical (unpaired) electrons. The number of quaternary nitrogens is 1. The Hall–Kier alpha value is -1.80. The van der Waals surface area contributed by atoms with Crippen LogP contribution in [0.2, 0.25) is 0 Å². The quantitative estimate of drug-likeness (QED) is 0.0272. The predicted molar refractivity (Wildman–Crippen MR) is 330 cm³/mol. The Morgan fingerprint density at radius 2 is 0.803 bits per heavy atom. The molecule has 3 atom stereocenters. The minimum atomic E-state index is -4.58. The largest absolute Gasteiger partial charge is 0.756 e. The first-order valence-electron chi connectivity index (χ1n) is 32.6. The number of rotatable bonds is 60. The minimum absolute atomic E-state index is 0.0112. The van der Waals surface area contributed by atoms with Crippen molar-refractivity contribution in [2.24, 2.45) is 0 Å². The molecule has 0 aromatic rings.